The lowest BCUT2D eigenvalue weighted by Gasteiger charge is -2.20. The molecule has 0 radical (unpaired) electrons. The van der Waals surface area contributed by atoms with Gasteiger partial charge in [-0.15, -0.1) is 0 Å². The first kappa shape index (κ1) is 17.1. The average Bonchev–Trinajstić information content (AvgIpc) is 3.46. The third-order valence-electron chi connectivity index (χ3n) is 5.68. The predicted molar refractivity (Wildman–Crippen MR) is 110 cm³/mol. The lowest BCUT2D eigenvalue weighted by atomic mass is 9.95. The number of hydrogen-bond donors (Lipinski definition) is 3. The molecule has 1 aromatic heterocycles. The molecule has 28 heavy (non-hydrogen) atoms. The van der Waals surface area contributed by atoms with Crippen molar-refractivity contribution < 1.29 is 9.21 Å². The van der Waals surface area contributed by atoms with Gasteiger partial charge in [0, 0.05) is 35.1 Å². The molecule has 3 heterocycles. The molecule has 5 rings (SSSR count). The van der Waals surface area contributed by atoms with Crippen LogP contribution in [0.2, 0.25) is 0 Å². The van der Waals surface area contributed by atoms with Gasteiger partial charge in [-0.2, -0.15) is 0 Å². The molecule has 5 heteroatoms. The molecule has 0 saturated carbocycles. The number of hydrogen-bond acceptors (Lipinski definition) is 4. The molecule has 2 fully saturated rings. The molecule has 3 N–H and O–H groups in total. The normalized spacial score (nSPS) is 22.9. The third kappa shape index (κ3) is 3.41. The number of benzene rings is 2. The number of anilines is 2. The predicted octanol–water partition coefficient (Wildman–Crippen LogP) is 4.31. The van der Waals surface area contributed by atoms with Gasteiger partial charge in [0.2, 0.25) is 0 Å². The molecule has 0 spiro atoms. The van der Waals surface area contributed by atoms with Crippen molar-refractivity contribution in [1.29, 1.82) is 0 Å². The van der Waals surface area contributed by atoms with Crippen LogP contribution in [0.25, 0.3) is 11.3 Å². The fraction of sp³-hybridized carbons (Fsp3) is 0.261. The van der Waals surface area contributed by atoms with Crippen LogP contribution in [0.1, 0.15) is 29.8 Å². The van der Waals surface area contributed by atoms with Crippen LogP contribution in [-0.2, 0) is 0 Å². The standard InChI is InChI=1S/C23H23N3O2/c27-23(26-20-14-18-10-11-19(20)25-18)22-13-12-21(28-22)15-6-8-17(9-7-15)24-16-4-2-1-3-5-16/h1-9,12-13,18-20,24-25H,10-11,14H2,(H,26,27)/t18-,19+,20-/m1/s1. The zero-order chi connectivity index (χ0) is 18.9. The zero-order valence-electron chi connectivity index (χ0n) is 15.5. The second kappa shape index (κ2) is 7.17. The Bertz CT molecular complexity index is 965. The molecule has 2 aliphatic rings. The van der Waals surface area contributed by atoms with E-state index in [9.17, 15) is 4.79 Å². The number of para-hydroxylation sites is 1. The highest BCUT2D eigenvalue weighted by Gasteiger charge is 2.39. The van der Waals surface area contributed by atoms with E-state index < -0.39 is 0 Å². The Kier molecular flexibility index (Phi) is 4.37. The SMILES string of the molecule is O=C(N[C@@H]1C[C@H]2CC[C@@H]1N2)c1ccc(-c2ccc(Nc3ccccc3)cc2)o1. The van der Waals surface area contributed by atoms with Crippen molar-refractivity contribution in [2.75, 3.05) is 5.32 Å². The molecule has 0 unspecified atom stereocenters. The number of fused-ring (bicyclic) bond motifs is 2. The van der Waals surface area contributed by atoms with Crippen LogP contribution in [0.5, 0.6) is 0 Å². The van der Waals surface area contributed by atoms with E-state index in [1.807, 2.05) is 60.7 Å². The van der Waals surface area contributed by atoms with Crippen molar-refractivity contribution in [2.24, 2.45) is 0 Å². The topological polar surface area (TPSA) is 66.3 Å². The number of rotatable bonds is 5. The molecule has 3 atom stereocenters. The Balaban J connectivity index is 1.24. The largest absolute Gasteiger partial charge is 0.451 e. The molecule has 2 saturated heterocycles. The van der Waals surface area contributed by atoms with Crippen molar-refractivity contribution in [2.45, 2.75) is 37.4 Å². The van der Waals surface area contributed by atoms with Gasteiger partial charge >= 0.3 is 0 Å². The molecule has 142 valence electrons. The Morgan fingerprint density at radius 3 is 2.43 bits per heavy atom. The van der Waals surface area contributed by atoms with Crippen LogP contribution in [0.3, 0.4) is 0 Å². The molecule has 1 amide bonds. The average molecular weight is 373 g/mol. The van der Waals surface area contributed by atoms with Gasteiger partial charge in [-0.05, 0) is 67.8 Å². The fourth-order valence-electron chi connectivity index (χ4n) is 4.24. The number of carbonyl (C=O) groups is 1. The van der Waals surface area contributed by atoms with E-state index in [4.69, 9.17) is 4.42 Å². The summed E-state index contributed by atoms with van der Waals surface area (Å²) in [6.07, 6.45) is 3.37. The number of amides is 1. The monoisotopic (exact) mass is 373 g/mol. The van der Waals surface area contributed by atoms with Crippen LogP contribution in [0.4, 0.5) is 11.4 Å². The zero-order valence-corrected chi connectivity index (χ0v) is 15.5. The first-order valence-corrected chi connectivity index (χ1v) is 9.84. The summed E-state index contributed by atoms with van der Waals surface area (Å²) in [5.74, 6) is 0.930. The molecule has 2 bridgehead atoms. The maximum absolute atomic E-state index is 12.5. The highest BCUT2D eigenvalue weighted by atomic mass is 16.3. The van der Waals surface area contributed by atoms with Gasteiger partial charge < -0.3 is 20.4 Å². The molecular weight excluding hydrogens is 350 g/mol. The molecule has 3 aromatic rings. The minimum absolute atomic E-state index is 0.132. The lowest BCUT2D eigenvalue weighted by Crippen LogP contribution is -2.42. The van der Waals surface area contributed by atoms with Gasteiger partial charge in [0.25, 0.3) is 5.91 Å². The van der Waals surface area contributed by atoms with Crippen molar-refractivity contribution in [1.82, 2.24) is 10.6 Å². The maximum atomic E-state index is 12.5. The molecular formula is C23H23N3O2. The lowest BCUT2D eigenvalue weighted by molar-refractivity contribution is 0.0903. The van der Waals surface area contributed by atoms with Gasteiger partial charge in [-0.1, -0.05) is 18.2 Å². The van der Waals surface area contributed by atoms with E-state index in [1.165, 1.54) is 6.42 Å². The van der Waals surface area contributed by atoms with Crippen LogP contribution < -0.4 is 16.0 Å². The summed E-state index contributed by atoms with van der Waals surface area (Å²) >= 11 is 0. The minimum atomic E-state index is -0.132. The van der Waals surface area contributed by atoms with E-state index in [0.29, 0.717) is 23.6 Å². The van der Waals surface area contributed by atoms with Crippen LogP contribution in [0, 0.1) is 0 Å². The van der Waals surface area contributed by atoms with Crippen molar-refractivity contribution in [3.05, 3.63) is 72.5 Å². The Morgan fingerprint density at radius 2 is 1.71 bits per heavy atom. The Morgan fingerprint density at radius 1 is 0.929 bits per heavy atom. The highest BCUT2D eigenvalue weighted by Crippen LogP contribution is 2.29. The fourth-order valence-corrected chi connectivity index (χ4v) is 4.24. The van der Waals surface area contributed by atoms with Gasteiger partial charge in [0.05, 0.1) is 0 Å². The summed E-state index contributed by atoms with van der Waals surface area (Å²) in [6.45, 7) is 0. The quantitative estimate of drug-likeness (QED) is 0.623. The number of carbonyl (C=O) groups excluding carboxylic acids is 1. The van der Waals surface area contributed by atoms with Crippen LogP contribution in [0.15, 0.2) is 71.1 Å². The van der Waals surface area contributed by atoms with E-state index >= 15 is 0 Å². The van der Waals surface area contributed by atoms with E-state index in [0.717, 1.165) is 29.8 Å². The van der Waals surface area contributed by atoms with Crippen molar-refractivity contribution in [3.8, 4) is 11.3 Å². The van der Waals surface area contributed by atoms with Crippen LogP contribution in [-0.4, -0.2) is 24.0 Å². The summed E-state index contributed by atoms with van der Waals surface area (Å²) in [7, 11) is 0. The first-order chi connectivity index (χ1) is 13.7. The second-order valence-corrected chi connectivity index (χ2v) is 7.60. The summed E-state index contributed by atoms with van der Waals surface area (Å²) in [6, 6.07) is 22.8. The Labute approximate surface area is 164 Å². The summed E-state index contributed by atoms with van der Waals surface area (Å²) in [5, 5.41) is 10.0. The van der Waals surface area contributed by atoms with E-state index in [1.54, 1.807) is 6.07 Å². The van der Waals surface area contributed by atoms with Gasteiger partial charge in [0.15, 0.2) is 5.76 Å². The van der Waals surface area contributed by atoms with Gasteiger partial charge in [0.1, 0.15) is 5.76 Å². The molecule has 5 nitrogen and oxygen atoms in total. The van der Waals surface area contributed by atoms with Crippen LogP contribution >= 0.6 is 0 Å². The smallest absolute Gasteiger partial charge is 0.287 e. The molecule has 2 aliphatic heterocycles. The minimum Gasteiger partial charge on any atom is -0.451 e. The summed E-state index contributed by atoms with van der Waals surface area (Å²) in [4.78, 5) is 12.5. The highest BCUT2D eigenvalue weighted by molar-refractivity contribution is 5.92. The van der Waals surface area contributed by atoms with E-state index in [2.05, 4.69) is 16.0 Å². The van der Waals surface area contributed by atoms with E-state index in [-0.39, 0.29) is 11.9 Å². The maximum Gasteiger partial charge on any atom is 0.287 e. The molecule has 0 aliphatic carbocycles. The third-order valence-corrected chi connectivity index (χ3v) is 5.68. The van der Waals surface area contributed by atoms with Gasteiger partial charge in [-0.25, -0.2) is 0 Å². The summed E-state index contributed by atoms with van der Waals surface area (Å²) in [5.41, 5.74) is 2.99. The van der Waals surface area contributed by atoms with Crippen molar-refractivity contribution in [3.63, 3.8) is 0 Å². The number of furan rings is 1. The number of nitrogens with one attached hydrogen (secondary N) is 3. The second-order valence-electron chi connectivity index (χ2n) is 7.60. The Hall–Kier alpha value is -3.05. The first-order valence-electron chi connectivity index (χ1n) is 9.84. The van der Waals surface area contributed by atoms with Gasteiger partial charge in [-0.3, -0.25) is 4.79 Å². The summed E-state index contributed by atoms with van der Waals surface area (Å²) < 4.78 is 5.83. The molecule has 2 aromatic carbocycles. The van der Waals surface area contributed by atoms with Crippen molar-refractivity contribution >= 4 is 17.3 Å².